The second kappa shape index (κ2) is 7.28. The van der Waals surface area contributed by atoms with Gasteiger partial charge in [-0.05, 0) is 71.2 Å². The van der Waals surface area contributed by atoms with Crippen molar-refractivity contribution >= 4 is 30.9 Å². The van der Waals surface area contributed by atoms with Gasteiger partial charge < -0.3 is 4.43 Å². The zero-order valence-corrected chi connectivity index (χ0v) is 17.7. The Morgan fingerprint density at radius 3 is 2.73 bits per heavy atom. The van der Waals surface area contributed by atoms with E-state index < -0.39 is 8.32 Å². The van der Waals surface area contributed by atoms with Crippen molar-refractivity contribution in [1.29, 1.82) is 0 Å². The number of pyridine rings is 1. The van der Waals surface area contributed by atoms with Gasteiger partial charge in [0.1, 0.15) is 0 Å². The Balaban J connectivity index is 1.81. The Labute approximate surface area is 150 Å². The highest BCUT2D eigenvalue weighted by Gasteiger charge is 2.38. The van der Waals surface area contributed by atoms with Crippen LogP contribution in [-0.4, -0.2) is 37.9 Å². The minimum absolute atomic E-state index is 0.303. The quantitative estimate of drug-likeness (QED) is 0.505. The highest BCUT2D eigenvalue weighted by Crippen LogP contribution is 2.37. The minimum Gasteiger partial charge on any atom is -0.416 e. The van der Waals surface area contributed by atoms with Crippen LogP contribution in [0.4, 0.5) is 0 Å². The van der Waals surface area contributed by atoms with Crippen LogP contribution in [0.3, 0.4) is 0 Å². The molecular weight excluding hydrogens is 403 g/mol. The van der Waals surface area contributed by atoms with E-state index in [4.69, 9.17) is 4.43 Å². The minimum atomic E-state index is -1.61. The van der Waals surface area contributed by atoms with Gasteiger partial charge in [0, 0.05) is 35.7 Å². The van der Waals surface area contributed by atoms with E-state index in [0.29, 0.717) is 11.0 Å². The number of likely N-dealkylation sites (tertiary alicyclic amines) is 1. The molecule has 3 nitrogen and oxygen atoms in total. The summed E-state index contributed by atoms with van der Waals surface area (Å²) in [6, 6.07) is 2.23. The van der Waals surface area contributed by atoms with Crippen LogP contribution in [0, 0.1) is 9.49 Å². The zero-order chi connectivity index (χ0) is 16.4. The van der Waals surface area contributed by atoms with Gasteiger partial charge in [0.2, 0.25) is 0 Å². The lowest BCUT2D eigenvalue weighted by atomic mass is 10.1. The van der Waals surface area contributed by atoms with Gasteiger partial charge in [-0.15, -0.1) is 0 Å². The number of rotatable bonds is 5. The van der Waals surface area contributed by atoms with E-state index in [1.165, 1.54) is 22.1 Å². The van der Waals surface area contributed by atoms with Gasteiger partial charge in [-0.2, -0.15) is 0 Å². The van der Waals surface area contributed by atoms with Crippen molar-refractivity contribution < 1.29 is 4.43 Å². The molecule has 1 aliphatic rings. The molecule has 1 aliphatic heterocycles. The van der Waals surface area contributed by atoms with E-state index in [0.717, 1.165) is 19.7 Å². The number of halogens is 1. The largest absolute Gasteiger partial charge is 0.416 e. The molecule has 0 radical (unpaired) electrons. The summed E-state index contributed by atoms with van der Waals surface area (Å²) in [4.78, 5) is 6.82. The molecule has 1 aromatic heterocycles. The molecule has 0 saturated carbocycles. The van der Waals surface area contributed by atoms with Gasteiger partial charge in [-0.1, -0.05) is 20.8 Å². The number of nitrogens with zero attached hydrogens (tertiary/aromatic N) is 2. The van der Waals surface area contributed by atoms with Crippen LogP contribution in [0.15, 0.2) is 18.5 Å². The second-order valence-corrected chi connectivity index (χ2v) is 14.0. The fourth-order valence-corrected chi connectivity index (χ4v) is 4.18. The van der Waals surface area contributed by atoms with E-state index in [9.17, 15) is 0 Å². The third-order valence-electron chi connectivity index (χ3n) is 5.02. The van der Waals surface area contributed by atoms with Crippen molar-refractivity contribution in [1.82, 2.24) is 9.88 Å². The molecule has 0 N–H and O–H groups in total. The standard InChI is InChI=1S/C17H29IN2OSi/c1-17(2,3)22(4,5)21-13-14-6-7-20(11-14)12-15-8-16(18)10-19-9-15/h8-10,14H,6-7,11-13H2,1-5H3. The van der Waals surface area contributed by atoms with Crippen LogP contribution in [-0.2, 0) is 11.0 Å². The number of hydrogen-bond acceptors (Lipinski definition) is 3. The van der Waals surface area contributed by atoms with Crippen LogP contribution in [0.25, 0.3) is 0 Å². The highest BCUT2D eigenvalue weighted by molar-refractivity contribution is 14.1. The van der Waals surface area contributed by atoms with Crippen molar-refractivity contribution in [3.05, 3.63) is 27.6 Å². The molecule has 1 fully saturated rings. The summed E-state index contributed by atoms with van der Waals surface area (Å²) in [6.45, 7) is 15.9. The Bertz CT molecular complexity index is 502. The zero-order valence-electron chi connectivity index (χ0n) is 14.5. The Kier molecular flexibility index (Phi) is 6.07. The van der Waals surface area contributed by atoms with Gasteiger partial charge in [0.15, 0.2) is 8.32 Å². The lowest BCUT2D eigenvalue weighted by Gasteiger charge is -2.37. The van der Waals surface area contributed by atoms with E-state index in [-0.39, 0.29) is 0 Å². The molecule has 0 aliphatic carbocycles. The molecule has 0 aromatic carbocycles. The summed E-state index contributed by atoms with van der Waals surface area (Å²) >= 11 is 2.33. The first-order chi connectivity index (χ1) is 10.2. The lowest BCUT2D eigenvalue weighted by Crippen LogP contribution is -2.42. The summed E-state index contributed by atoms with van der Waals surface area (Å²) in [5.41, 5.74) is 1.32. The summed E-state index contributed by atoms with van der Waals surface area (Å²) < 4.78 is 7.61. The molecule has 2 rings (SSSR count). The fraction of sp³-hybridized carbons (Fsp3) is 0.706. The molecule has 2 heterocycles. The number of hydrogen-bond donors (Lipinski definition) is 0. The summed E-state index contributed by atoms with van der Waals surface area (Å²) in [5.74, 6) is 0.685. The summed E-state index contributed by atoms with van der Waals surface area (Å²) in [7, 11) is -1.61. The predicted molar refractivity (Wildman–Crippen MR) is 103 cm³/mol. The maximum Gasteiger partial charge on any atom is 0.191 e. The highest BCUT2D eigenvalue weighted by atomic mass is 127. The first-order valence-electron chi connectivity index (χ1n) is 8.13. The third-order valence-corrected chi connectivity index (χ3v) is 10.1. The lowest BCUT2D eigenvalue weighted by molar-refractivity contribution is 0.221. The molecule has 0 bridgehead atoms. The summed E-state index contributed by atoms with van der Waals surface area (Å²) in [5, 5.41) is 0.303. The predicted octanol–water partition coefficient (Wildman–Crippen LogP) is 4.53. The average Bonchev–Trinajstić information content (AvgIpc) is 2.83. The van der Waals surface area contributed by atoms with E-state index in [1.54, 1.807) is 0 Å². The van der Waals surface area contributed by atoms with Crippen molar-refractivity contribution in [3.8, 4) is 0 Å². The molecule has 124 valence electrons. The molecular formula is C17H29IN2OSi. The Hall–Kier alpha value is 0.0169. The summed E-state index contributed by atoms with van der Waals surface area (Å²) in [6.07, 6.45) is 5.15. The molecule has 1 saturated heterocycles. The van der Waals surface area contributed by atoms with Gasteiger partial charge in [-0.3, -0.25) is 9.88 Å². The second-order valence-electron chi connectivity index (χ2n) is 7.97. The third kappa shape index (κ3) is 5.01. The van der Waals surface area contributed by atoms with Gasteiger partial charge in [0.05, 0.1) is 0 Å². The van der Waals surface area contributed by atoms with Gasteiger partial charge >= 0.3 is 0 Å². The van der Waals surface area contributed by atoms with Crippen molar-refractivity contribution in [2.24, 2.45) is 5.92 Å². The number of aromatic nitrogens is 1. The molecule has 0 amide bonds. The SMILES string of the molecule is CC(C)(C)[Si](C)(C)OCC1CCN(Cc2cncc(I)c2)C1. The Morgan fingerprint density at radius 2 is 2.09 bits per heavy atom. The monoisotopic (exact) mass is 432 g/mol. The first kappa shape index (κ1) is 18.4. The van der Waals surface area contributed by atoms with Crippen molar-refractivity contribution in [2.75, 3.05) is 19.7 Å². The van der Waals surface area contributed by atoms with Crippen LogP contribution in [0.5, 0.6) is 0 Å². The fourth-order valence-electron chi connectivity index (χ4n) is 2.54. The Morgan fingerprint density at radius 1 is 1.36 bits per heavy atom. The topological polar surface area (TPSA) is 25.4 Å². The maximum absolute atomic E-state index is 6.39. The molecule has 22 heavy (non-hydrogen) atoms. The maximum atomic E-state index is 6.39. The van der Waals surface area contributed by atoms with E-state index >= 15 is 0 Å². The molecule has 1 aromatic rings. The molecule has 0 spiro atoms. The van der Waals surface area contributed by atoms with Crippen molar-refractivity contribution in [2.45, 2.75) is 51.9 Å². The van der Waals surface area contributed by atoms with E-state index in [1.807, 2.05) is 12.4 Å². The van der Waals surface area contributed by atoms with Crippen LogP contribution < -0.4 is 0 Å². The normalized spacial score (nSPS) is 20.5. The molecule has 1 atom stereocenters. The van der Waals surface area contributed by atoms with Crippen LogP contribution in [0.2, 0.25) is 18.1 Å². The molecule has 1 unspecified atom stereocenters. The van der Waals surface area contributed by atoms with Crippen molar-refractivity contribution in [3.63, 3.8) is 0 Å². The van der Waals surface area contributed by atoms with Gasteiger partial charge in [0.25, 0.3) is 0 Å². The molecule has 5 heteroatoms. The smallest absolute Gasteiger partial charge is 0.191 e. The van der Waals surface area contributed by atoms with Crippen LogP contribution in [0.1, 0.15) is 32.8 Å². The average molecular weight is 432 g/mol. The first-order valence-corrected chi connectivity index (χ1v) is 12.1. The van der Waals surface area contributed by atoms with Crippen LogP contribution >= 0.6 is 22.6 Å². The van der Waals surface area contributed by atoms with Gasteiger partial charge in [-0.25, -0.2) is 0 Å². The van der Waals surface area contributed by atoms with E-state index in [2.05, 4.69) is 72.4 Å².